The first-order chi connectivity index (χ1) is 12.2. The number of anilines is 1. The number of fused-ring (bicyclic) bond motifs is 1. The van der Waals surface area contributed by atoms with E-state index in [2.05, 4.69) is 40.6 Å². The second kappa shape index (κ2) is 7.26. The van der Waals surface area contributed by atoms with Gasteiger partial charge in [0.1, 0.15) is 0 Å². The lowest BCUT2D eigenvalue weighted by Gasteiger charge is -2.44. The van der Waals surface area contributed by atoms with Crippen molar-refractivity contribution in [3.63, 3.8) is 0 Å². The zero-order valence-corrected chi connectivity index (χ0v) is 16.5. The molecule has 0 aromatic heterocycles. The second-order valence-corrected chi connectivity index (χ2v) is 9.37. The molecule has 8 heteroatoms. The van der Waals surface area contributed by atoms with Crippen LogP contribution in [0.4, 0.5) is 5.69 Å². The van der Waals surface area contributed by atoms with Crippen molar-refractivity contribution in [2.75, 3.05) is 44.6 Å². The van der Waals surface area contributed by atoms with E-state index in [-0.39, 0.29) is 22.8 Å². The lowest BCUT2D eigenvalue weighted by atomic mass is 10.0. The number of amides is 1. The number of piperazine rings is 1. The first-order valence-electron chi connectivity index (χ1n) is 9.11. The first kappa shape index (κ1) is 19.3. The van der Waals surface area contributed by atoms with Crippen LogP contribution < -0.4 is 10.0 Å². The Morgan fingerprint density at radius 1 is 1.19 bits per heavy atom. The van der Waals surface area contributed by atoms with Crippen molar-refractivity contribution in [1.29, 1.82) is 0 Å². The van der Waals surface area contributed by atoms with E-state index in [0.29, 0.717) is 12.2 Å². The molecule has 26 heavy (non-hydrogen) atoms. The summed E-state index contributed by atoms with van der Waals surface area (Å²) in [7, 11) is -3.61. The first-order valence-corrected chi connectivity index (χ1v) is 10.6. The molecule has 0 bridgehead atoms. The molecule has 0 atom stereocenters. The highest BCUT2D eigenvalue weighted by molar-refractivity contribution is 7.89. The fraction of sp³-hybridized carbons (Fsp3) is 0.611. The van der Waals surface area contributed by atoms with E-state index in [9.17, 15) is 13.2 Å². The average molecular weight is 381 g/mol. The Labute approximate surface area is 155 Å². The van der Waals surface area contributed by atoms with Gasteiger partial charge < -0.3 is 10.2 Å². The normalized spacial score (nSPS) is 19.4. The zero-order chi connectivity index (χ0) is 18.9. The lowest BCUT2D eigenvalue weighted by molar-refractivity contribution is -0.115. The topological polar surface area (TPSA) is 81.8 Å². The van der Waals surface area contributed by atoms with Gasteiger partial charge in [-0.2, -0.15) is 0 Å². The summed E-state index contributed by atoms with van der Waals surface area (Å²) in [6, 6.07) is 4.78. The molecule has 2 aliphatic heterocycles. The number of benzene rings is 1. The van der Waals surface area contributed by atoms with Crippen molar-refractivity contribution in [3.8, 4) is 0 Å². The fourth-order valence-electron chi connectivity index (χ4n) is 3.51. The number of likely N-dealkylation sites (N-methyl/N-ethyl adjacent to an activating group) is 1. The number of hydrogen-bond acceptors (Lipinski definition) is 5. The van der Waals surface area contributed by atoms with E-state index in [1.807, 2.05) is 0 Å². The lowest BCUT2D eigenvalue weighted by Crippen LogP contribution is -2.58. The van der Waals surface area contributed by atoms with E-state index in [4.69, 9.17) is 0 Å². The number of carbonyl (C=O) groups is 1. The molecule has 7 nitrogen and oxygen atoms in total. The molecule has 144 valence electrons. The van der Waals surface area contributed by atoms with E-state index < -0.39 is 10.0 Å². The third-order valence-electron chi connectivity index (χ3n) is 5.38. The number of nitrogens with zero attached hydrogens (tertiary/aromatic N) is 2. The summed E-state index contributed by atoms with van der Waals surface area (Å²) in [5.41, 5.74) is 1.16. The van der Waals surface area contributed by atoms with Gasteiger partial charge in [-0.1, -0.05) is 6.92 Å². The zero-order valence-electron chi connectivity index (χ0n) is 15.7. The number of hydrogen-bond donors (Lipinski definition) is 2. The summed E-state index contributed by atoms with van der Waals surface area (Å²) in [6.45, 7) is 11.6. The van der Waals surface area contributed by atoms with Crippen LogP contribution >= 0.6 is 0 Å². The predicted octanol–water partition coefficient (Wildman–Crippen LogP) is 0.876. The molecule has 0 radical (unpaired) electrons. The molecule has 2 aliphatic rings. The standard InChI is InChI=1S/C18H28N4O3S/c1-4-21-7-9-22(10-8-21)18(2,3)13-19-26(24,25)15-5-6-16-14(11-15)12-17(23)20-16/h5-6,11,19H,4,7-10,12-13H2,1-3H3,(H,20,23). The molecule has 1 fully saturated rings. The summed E-state index contributed by atoms with van der Waals surface area (Å²) in [6.07, 6.45) is 0.228. The van der Waals surface area contributed by atoms with Gasteiger partial charge in [-0.25, -0.2) is 13.1 Å². The highest BCUT2D eigenvalue weighted by atomic mass is 32.2. The van der Waals surface area contributed by atoms with E-state index >= 15 is 0 Å². The van der Waals surface area contributed by atoms with Gasteiger partial charge in [0.25, 0.3) is 0 Å². The van der Waals surface area contributed by atoms with Crippen LogP contribution in [0.25, 0.3) is 0 Å². The molecule has 2 N–H and O–H groups in total. The third-order valence-corrected chi connectivity index (χ3v) is 6.78. The average Bonchev–Trinajstić information content (AvgIpc) is 2.99. The van der Waals surface area contributed by atoms with Crippen LogP contribution in [0, 0.1) is 0 Å². The van der Waals surface area contributed by atoms with Crippen LogP contribution in [0.1, 0.15) is 26.3 Å². The number of rotatable bonds is 6. The molecule has 3 rings (SSSR count). The van der Waals surface area contributed by atoms with E-state index in [1.54, 1.807) is 18.2 Å². The second-order valence-electron chi connectivity index (χ2n) is 7.60. The highest BCUT2D eigenvalue weighted by Gasteiger charge is 2.31. The minimum Gasteiger partial charge on any atom is -0.326 e. The molecular formula is C18H28N4O3S. The van der Waals surface area contributed by atoms with Crippen LogP contribution in [0.2, 0.25) is 0 Å². The van der Waals surface area contributed by atoms with Gasteiger partial charge in [-0.05, 0) is 44.2 Å². The minimum atomic E-state index is -3.61. The molecule has 1 aromatic rings. The summed E-state index contributed by atoms with van der Waals surface area (Å²) in [5, 5.41) is 2.72. The van der Waals surface area contributed by atoms with Gasteiger partial charge in [0.2, 0.25) is 15.9 Å². The van der Waals surface area contributed by atoms with Crippen LogP contribution in [-0.2, 0) is 21.2 Å². The van der Waals surface area contributed by atoms with Crippen molar-refractivity contribution in [3.05, 3.63) is 23.8 Å². The molecule has 0 aliphatic carbocycles. The highest BCUT2D eigenvalue weighted by Crippen LogP contribution is 2.26. The van der Waals surface area contributed by atoms with Gasteiger partial charge in [0.05, 0.1) is 11.3 Å². The largest absolute Gasteiger partial charge is 0.326 e. The summed E-state index contributed by atoms with van der Waals surface area (Å²) in [4.78, 5) is 16.4. The predicted molar refractivity (Wildman–Crippen MR) is 102 cm³/mol. The third kappa shape index (κ3) is 4.09. The Balaban J connectivity index is 1.65. The number of sulfonamides is 1. The smallest absolute Gasteiger partial charge is 0.240 e. The summed E-state index contributed by atoms with van der Waals surface area (Å²) in [5.74, 6) is -0.102. The molecular weight excluding hydrogens is 352 g/mol. The Kier molecular flexibility index (Phi) is 5.39. The van der Waals surface area contributed by atoms with Crippen molar-refractivity contribution in [2.24, 2.45) is 0 Å². The molecule has 1 aromatic carbocycles. The molecule has 1 saturated heterocycles. The van der Waals surface area contributed by atoms with Gasteiger partial charge in [0, 0.05) is 44.0 Å². The van der Waals surface area contributed by atoms with Crippen LogP contribution in [0.3, 0.4) is 0 Å². The van der Waals surface area contributed by atoms with Crippen molar-refractivity contribution < 1.29 is 13.2 Å². The number of carbonyl (C=O) groups excluding carboxylic acids is 1. The number of nitrogens with one attached hydrogen (secondary N) is 2. The van der Waals surface area contributed by atoms with Crippen molar-refractivity contribution >= 4 is 21.6 Å². The Bertz CT molecular complexity index is 784. The molecule has 0 unspecified atom stereocenters. The maximum absolute atomic E-state index is 12.7. The van der Waals surface area contributed by atoms with E-state index in [1.165, 1.54) is 0 Å². The summed E-state index contributed by atoms with van der Waals surface area (Å²) >= 11 is 0. The van der Waals surface area contributed by atoms with Crippen molar-refractivity contribution in [1.82, 2.24) is 14.5 Å². The van der Waals surface area contributed by atoms with Crippen molar-refractivity contribution in [2.45, 2.75) is 37.6 Å². The fourth-order valence-corrected chi connectivity index (χ4v) is 4.76. The Morgan fingerprint density at radius 2 is 1.88 bits per heavy atom. The molecule has 0 saturated carbocycles. The quantitative estimate of drug-likeness (QED) is 0.766. The monoisotopic (exact) mass is 380 g/mol. The minimum absolute atomic E-state index is 0.102. The molecule has 2 heterocycles. The van der Waals surface area contributed by atoms with Gasteiger partial charge in [-0.15, -0.1) is 0 Å². The molecule has 0 spiro atoms. The summed E-state index contributed by atoms with van der Waals surface area (Å²) < 4.78 is 28.1. The van der Waals surface area contributed by atoms with Crippen LogP contribution in [-0.4, -0.2) is 68.9 Å². The van der Waals surface area contributed by atoms with Gasteiger partial charge >= 0.3 is 0 Å². The van der Waals surface area contributed by atoms with Gasteiger partial charge in [-0.3, -0.25) is 9.69 Å². The molecule has 1 amide bonds. The van der Waals surface area contributed by atoms with Crippen LogP contribution in [0.15, 0.2) is 23.1 Å². The van der Waals surface area contributed by atoms with Crippen LogP contribution in [0.5, 0.6) is 0 Å². The SMILES string of the molecule is CCN1CCN(C(C)(C)CNS(=O)(=O)c2ccc3c(c2)CC(=O)N3)CC1. The van der Waals surface area contributed by atoms with E-state index in [0.717, 1.165) is 38.3 Å². The Morgan fingerprint density at radius 3 is 2.54 bits per heavy atom. The maximum Gasteiger partial charge on any atom is 0.240 e. The van der Waals surface area contributed by atoms with Gasteiger partial charge in [0.15, 0.2) is 0 Å². The Hall–Kier alpha value is -1.48. The maximum atomic E-state index is 12.7.